The summed E-state index contributed by atoms with van der Waals surface area (Å²) in [5.41, 5.74) is 1.71. The second-order valence-corrected chi connectivity index (χ2v) is 8.15. The quantitative estimate of drug-likeness (QED) is 0.350. The van der Waals surface area contributed by atoms with Crippen LogP contribution < -0.4 is 15.5 Å². The van der Waals surface area contributed by atoms with E-state index in [2.05, 4.69) is 20.9 Å². The van der Waals surface area contributed by atoms with Crippen molar-refractivity contribution in [3.63, 3.8) is 0 Å². The lowest BCUT2D eigenvalue weighted by Gasteiger charge is -2.25. The van der Waals surface area contributed by atoms with E-state index in [-0.39, 0.29) is 29.3 Å². The normalized spacial score (nSPS) is 17.5. The van der Waals surface area contributed by atoms with E-state index >= 15 is 0 Å². The Morgan fingerprint density at radius 3 is 2.62 bits per heavy atom. The SMILES string of the molecule is CCC1(c2ccccc2)NC(=O)N(NC(=O)CSc2nnc(COc3ccc(F)cc3)o2)C1=O. The van der Waals surface area contributed by atoms with Crippen molar-refractivity contribution in [1.29, 1.82) is 0 Å². The summed E-state index contributed by atoms with van der Waals surface area (Å²) in [5, 5.41) is 11.1. The molecule has 0 aliphatic carbocycles. The summed E-state index contributed by atoms with van der Waals surface area (Å²) >= 11 is 0.934. The van der Waals surface area contributed by atoms with Crippen LogP contribution in [-0.4, -0.2) is 38.8 Å². The number of hydrogen-bond donors (Lipinski definition) is 2. The maximum Gasteiger partial charge on any atom is 0.344 e. The maximum atomic E-state index is 13.0. The van der Waals surface area contributed by atoms with Crippen molar-refractivity contribution in [2.24, 2.45) is 0 Å². The van der Waals surface area contributed by atoms with Crippen molar-refractivity contribution < 1.29 is 27.9 Å². The molecule has 1 fully saturated rings. The highest BCUT2D eigenvalue weighted by Gasteiger charge is 2.52. The van der Waals surface area contributed by atoms with E-state index in [4.69, 9.17) is 9.15 Å². The number of carbonyl (C=O) groups excluding carboxylic acids is 3. The highest BCUT2D eigenvalue weighted by atomic mass is 32.2. The molecule has 1 aromatic heterocycles. The fraction of sp³-hybridized carbons (Fsp3) is 0.227. The Morgan fingerprint density at radius 1 is 1.18 bits per heavy atom. The number of hydrazine groups is 1. The summed E-state index contributed by atoms with van der Waals surface area (Å²) in [4.78, 5) is 37.9. The molecule has 1 atom stereocenters. The first-order valence-corrected chi connectivity index (χ1v) is 11.2. The first-order valence-electron chi connectivity index (χ1n) is 10.3. The molecule has 4 amide bonds. The van der Waals surface area contributed by atoms with Gasteiger partial charge in [-0.1, -0.05) is 49.0 Å². The molecule has 2 heterocycles. The van der Waals surface area contributed by atoms with Gasteiger partial charge in [-0.05, 0) is 36.2 Å². The van der Waals surface area contributed by atoms with E-state index in [0.717, 1.165) is 11.8 Å². The molecular weight excluding hydrogens is 465 g/mol. The van der Waals surface area contributed by atoms with Crippen LogP contribution in [-0.2, 0) is 21.7 Å². The number of ether oxygens (including phenoxy) is 1. The molecule has 1 aliphatic rings. The molecule has 0 radical (unpaired) electrons. The number of hydrogen-bond acceptors (Lipinski definition) is 8. The van der Waals surface area contributed by atoms with Gasteiger partial charge in [-0.3, -0.25) is 15.0 Å². The average molecular weight is 485 g/mol. The van der Waals surface area contributed by atoms with Gasteiger partial charge in [-0.15, -0.1) is 10.2 Å². The van der Waals surface area contributed by atoms with Gasteiger partial charge in [0.2, 0.25) is 5.91 Å². The number of halogens is 1. The maximum absolute atomic E-state index is 13.0. The molecule has 1 aliphatic heterocycles. The van der Waals surface area contributed by atoms with Crippen LogP contribution in [0, 0.1) is 5.82 Å². The van der Waals surface area contributed by atoms with Gasteiger partial charge in [0.1, 0.15) is 17.1 Å². The minimum Gasteiger partial charge on any atom is -0.484 e. The van der Waals surface area contributed by atoms with Gasteiger partial charge >= 0.3 is 6.03 Å². The molecule has 0 saturated carbocycles. The lowest BCUT2D eigenvalue weighted by molar-refractivity contribution is -0.138. The van der Waals surface area contributed by atoms with E-state index in [9.17, 15) is 18.8 Å². The van der Waals surface area contributed by atoms with Crippen LogP contribution in [0.1, 0.15) is 24.8 Å². The zero-order valence-corrected chi connectivity index (χ0v) is 18.8. The third-order valence-electron chi connectivity index (χ3n) is 5.08. The summed E-state index contributed by atoms with van der Waals surface area (Å²) < 4.78 is 23.8. The van der Waals surface area contributed by atoms with Gasteiger partial charge in [0.15, 0.2) is 6.61 Å². The number of nitrogens with one attached hydrogen (secondary N) is 2. The summed E-state index contributed by atoms with van der Waals surface area (Å²) in [7, 11) is 0. The molecule has 10 nitrogen and oxygen atoms in total. The predicted octanol–water partition coefficient (Wildman–Crippen LogP) is 2.77. The fourth-order valence-electron chi connectivity index (χ4n) is 3.35. The Morgan fingerprint density at radius 2 is 1.91 bits per heavy atom. The topological polar surface area (TPSA) is 127 Å². The number of aromatic nitrogens is 2. The van der Waals surface area contributed by atoms with Gasteiger partial charge in [0, 0.05) is 0 Å². The Bertz CT molecular complexity index is 1190. The van der Waals surface area contributed by atoms with Crippen molar-refractivity contribution in [3.05, 3.63) is 71.9 Å². The molecule has 1 unspecified atom stereocenters. The van der Waals surface area contributed by atoms with Crippen LogP contribution in [0.15, 0.2) is 64.2 Å². The summed E-state index contributed by atoms with van der Waals surface area (Å²) in [6.45, 7) is 1.74. The minimum absolute atomic E-state index is 0.0353. The minimum atomic E-state index is -1.25. The van der Waals surface area contributed by atoms with Crippen LogP contribution >= 0.6 is 11.8 Å². The molecule has 0 spiro atoms. The molecule has 4 rings (SSSR count). The number of nitrogens with zero attached hydrogens (tertiary/aromatic N) is 3. The number of carbonyl (C=O) groups is 3. The molecule has 2 aromatic carbocycles. The van der Waals surface area contributed by atoms with Crippen molar-refractivity contribution in [3.8, 4) is 5.75 Å². The average Bonchev–Trinajstić information content (AvgIpc) is 3.41. The van der Waals surface area contributed by atoms with Gasteiger partial charge in [0.05, 0.1) is 5.75 Å². The first-order chi connectivity index (χ1) is 16.4. The highest BCUT2D eigenvalue weighted by Crippen LogP contribution is 2.31. The van der Waals surface area contributed by atoms with Gasteiger partial charge in [0.25, 0.3) is 17.0 Å². The fourth-order valence-corrected chi connectivity index (χ4v) is 3.93. The predicted molar refractivity (Wildman–Crippen MR) is 118 cm³/mol. The zero-order chi connectivity index (χ0) is 24.1. The van der Waals surface area contributed by atoms with E-state index in [0.29, 0.717) is 22.7 Å². The zero-order valence-electron chi connectivity index (χ0n) is 18.0. The molecule has 1 saturated heterocycles. The molecule has 3 aromatic rings. The van der Waals surface area contributed by atoms with Crippen LogP contribution in [0.2, 0.25) is 0 Å². The number of urea groups is 1. The number of thioether (sulfide) groups is 1. The third-order valence-corrected chi connectivity index (χ3v) is 5.89. The van der Waals surface area contributed by atoms with Gasteiger partial charge < -0.3 is 14.5 Å². The van der Waals surface area contributed by atoms with Crippen molar-refractivity contribution >= 4 is 29.6 Å². The standard InChI is InChI=1S/C22H20FN5O5S/c1-2-22(14-6-4-3-5-7-14)19(30)28(20(31)24-22)27-17(29)13-34-21-26-25-18(33-21)12-32-16-10-8-15(23)9-11-16/h3-11H,2,12-13H2,1H3,(H,24,31)(H,27,29). The van der Waals surface area contributed by atoms with Crippen LogP contribution in [0.25, 0.3) is 0 Å². The first kappa shape index (κ1) is 23.2. The van der Waals surface area contributed by atoms with Crippen LogP contribution in [0.3, 0.4) is 0 Å². The number of amides is 4. The third kappa shape index (κ3) is 4.86. The molecule has 176 valence electrons. The largest absolute Gasteiger partial charge is 0.484 e. The summed E-state index contributed by atoms with van der Waals surface area (Å²) in [6, 6.07) is 13.6. The van der Waals surface area contributed by atoms with Crippen LogP contribution in [0.5, 0.6) is 5.75 Å². The lowest BCUT2D eigenvalue weighted by Crippen LogP contribution is -2.49. The second kappa shape index (κ2) is 9.91. The molecule has 34 heavy (non-hydrogen) atoms. The van der Waals surface area contributed by atoms with Crippen LogP contribution in [0.4, 0.5) is 9.18 Å². The lowest BCUT2D eigenvalue weighted by atomic mass is 9.87. The summed E-state index contributed by atoms with van der Waals surface area (Å²) in [6.07, 6.45) is 0.313. The molecule has 2 N–H and O–H groups in total. The second-order valence-electron chi connectivity index (χ2n) is 7.22. The Hall–Kier alpha value is -3.93. The van der Waals surface area contributed by atoms with Crippen molar-refractivity contribution in [2.75, 3.05) is 5.75 Å². The number of benzene rings is 2. The Kier molecular flexibility index (Phi) is 6.77. The number of rotatable bonds is 9. The Labute approximate surface area is 197 Å². The van der Waals surface area contributed by atoms with Crippen molar-refractivity contribution in [2.45, 2.75) is 30.7 Å². The van der Waals surface area contributed by atoms with E-state index in [1.54, 1.807) is 31.2 Å². The highest BCUT2D eigenvalue weighted by molar-refractivity contribution is 7.99. The number of imide groups is 1. The van der Waals surface area contributed by atoms with Crippen molar-refractivity contribution in [1.82, 2.24) is 25.9 Å². The molecular formula is C22H20FN5O5S. The van der Waals surface area contributed by atoms with Gasteiger partial charge in [-0.2, -0.15) is 5.01 Å². The van der Waals surface area contributed by atoms with Gasteiger partial charge in [-0.25, -0.2) is 9.18 Å². The Balaban J connectivity index is 1.31. The summed E-state index contributed by atoms with van der Waals surface area (Å²) in [5.74, 6) is -1.13. The monoisotopic (exact) mass is 485 g/mol. The molecule has 12 heteroatoms. The smallest absolute Gasteiger partial charge is 0.344 e. The van der Waals surface area contributed by atoms with E-state index in [1.807, 2.05) is 6.07 Å². The van der Waals surface area contributed by atoms with E-state index < -0.39 is 23.4 Å². The molecule has 0 bridgehead atoms. The van der Waals surface area contributed by atoms with E-state index in [1.165, 1.54) is 24.3 Å².